The van der Waals surface area contributed by atoms with Crippen LogP contribution in [0.15, 0.2) is 58.2 Å². The van der Waals surface area contributed by atoms with Crippen molar-refractivity contribution in [2.45, 2.75) is 13.5 Å². The predicted octanol–water partition coefficient (Wildman–Crippen LogP) is 4.47. The quantitative estimate of drug-likeness (QED) is 0.727. The number of hydrogen-bond donors (Lipinski definition) is 2. The number of amidine groups is 1. The lowest BCUT2D eigenvalue weighted by atomic mass is 10.1. The van der Waals surface area contributed by atoms with Crippen LogP contribution in [0.25, 0.3) is 16.8 Å². The molecule has 6 heteroatoms. The molecule has 0 atom stereocenters. The van der Waals surface area contributed by atoms with Crippen LogP contribution in [0.1, 0.15) is 16.3 Å². The maximum atomic E-state index is 10.4. The van der Waals surface area contributed by atoms with E-state index in [2.05, 4.69) is 4.98 Å². The van der Waals surface area contributed by atoms with Crippen LogP contribution in [0, 0.1) is 12.3 Å². The van der Waals surface area contributed by atoms with E-state index in [0.29, 0.717) is 23.7 Å². The second-order valence-electron chi connectivity index (χ2n) is 6.01. The molecule has 3 aromatic rings. The van der Waals surface area contributed by atoms with Crippen molar-refractivity contribution in [1.82, 2.24) is 9.88 Å². The molecule has 0 fully saturated rings. The highest BCUT2D eigenvalue weighted by atomic mass is 32.1. The molecule has 0 aliphatic carbocycles. The summed E-state index contributed by atoms with van der Waals surface area (Å²) in [4.78, 5) is 6.41. The van der Waals surface area contributed by atoms with E-state index in [0.717, 1.165) is 17.0 Å². The Morgan fingerprint density at radius 1 is 1.28 bits per heavy atom. The van der Waals surface area contributed by atoms with Gasteiger partial charge in [0.2, 0.25) is 0 Å². The van der Waals surface area contributed by atoms with Crippen LogP contribution in [-0.4, -0.2) is 27.4 Å². The Balaban J connectivity index is 1.58. The average molecular weight is 351 g/mol. The van der Waals surface area contributed by atoms with Crippen molar-refractivity contribution in [3.05, 3.63) is 70.1 Å². The summed E-state index contributed by atoms with van der Waals surface area (Å²) in [5, 5.41) is 21.4. The van der Waals surface area contributed by atoms with Gasteiger partial charge in [0.15, 0.2) is 0 Å². The Bertz CT molecular complexity index is 939. The van der Waals surface area contributed by atoms with Gasteiger partial charge >= 0.3 is 0 Å². The van der Waals surface area contributed by atoms with Gasteiger partial charge in [-0.25, -0.2) is 4.98 Å². The second-order valence-corrected chi connectivity index (χ2v) is 6.87. The molecule has 0 saturated heterocycles. The van der Waals surface area contributed by atoms with Crippen molar-refractivity contribution in [3.63, 3.8) is 0 Å². The Kier molecular flexibility index (Phi) is 3.89. The number of hydrogen-bond acceptors (Lipinski definition) is 5. The molecule has 1 aliphatic rings. The molecule has 5 nitrogen and oxygen atoms in total. The molecular formula is C19H17N3O2S. The highest BCUT2D eigenvalue weighted by Crippen LogP contribution is 2.32. The number of benzene rings is 1. The summed E-state index contributed by atoms with van der Waals surface area (Å²) < 4.78 is 5.34. The molecule has 1 aromatic carbocycles. The highest BCUT2D eigenvalue weighted by molar-refractivity contribution is 7.11. The fraction of sp³-hybridized carbons (Fsp3) is 0.158. The third-order valence-electron chi connectivity index (χ3n) is 4.17. The van der Waals surface area contributed by atoms with Crippen molar-refractivity contribution in [2.24, 2.45) is 0 Å². The van der Waals surface area contributed by atoms with Gasteiger partial charge in [0.1, 0.15) is 22.4 Å². The number of aliphatic hydroxyl groups excluding tert-OH is 1. The zero-order chi connectivity index (χ0) is 17.4. The zero-order valence-corrected chi connectivity index (χ0v) is 14.5. The fourth-order valence-electron chi connectivity index (χ4n) is 2.83. The highest BCUT2D eigenvalue weighted by Gasteiger charge is 2.30. The standard InChI is InChI=1S/C19H17N3O2S/c1-12-4-6-13(7-5-12)15-11-25-19(21-15)17-16(23)10-22(18(17)20)9-14-3-2-8-24-14/h2-8,11,20,23H,9-10H2,1H3. The smallest absolute Gasteiger partial charge is 0.135 e. The van der Waals surface area contributed by atoms with Crippen LogP contribution in [0.3, 0.4) is 0 Å². The van der Waals surface area contributed by atoms with Gasteiger partial charge in [-0.15, -0.1) is 11.3 Å². The maximum absolute atomic E-state index is 10.4. The molecule has 0 amide bonds. The first-order valence-electron chi connectivity index (χ1n) is 7.93. The SMILES string of the molecule is Cc1ccc(-c2csc(C3=C(O)CN(Cc4ccco4)C3=N)n2)cc1. The molecule has 126 valence electrons. The largest absolute Gasteiger partial charge is 0.510 e. The topological polar surface area (TPSA) is 73.3 Å². The van der Waals surface area contributed by atoms with Gasteiger partial charge in [-0.05, 0) is 19.1 Å². The van der Waals surface area contributed by atoms with Crippen molar-refractivity contribution < 1.29 is 9.52 Å². The van der Waals surface area contributed by atoms with Gasteiger partial charge in [-0.1, -0.05) is 29.8 Å². The predicted molar refractivity (Wildman–Crippen MR) is 98.7 cm³/mol. The Labute approximate surface area is 149 Å². The maximum Gasteiger partial charge on any atom is 0.135 e. The third kappa shape index (κ3) is 2.96. The minimum absolute atomic E-state index is 0.182. The van der Waals surface area contributed by atoms with E-state index in [9.17, 15) is 5.11 Å². The molecule has 2 N–H and O–H groups in total. The number of nitrogens with zero attached hydrogens (tertiary/aromatic N) is 2. The molecule has 25 heavy (non-hydrogen) atoms. The Morgan fingerprint density at radius 2 is 2.08 bits per heavy atom. The minimum atomic E-state index is 0.182. The zero-order valence-electron chi connectivity index (χ0n) is 13.7. The summed E-state index contributed by atoms with van der Waals surface area (Å²) in [6, 6.07) is 11.8. The van der Waals surface area contributed by atoms with Gasteiger partial charge in [-0.2, -0.15) is 0 Å². The summed E-state index contributed by atoms with van der Waals surface area (Å²) in [7, 11) is 0. The van der Waals surface area contributed by atoms with Gasteiger partial charge in [0, 0.05) is 10.9 Å². The van der Waals surface area contributed by atoms with Crippen LogP contribution in [0.2, 0.25) is 0 Å². The first-order valence-corrected chi connectivity index (χ1v) is 8.81. The number of aromatic nitrogens is 1. The lowest BCUT2D eigenvalue weighted by molar-refractivity contribution is 0.328. The van der Waals surface area contributed by atoms with Crippen LogP contribution >= 0.6 is 11.3 Å². The van der Waals surface area contributed by atoms with E-state index in [1.165, 1.54) is 16.9 Å². The average Bonchev–Trinajstić information content (AvgIpc) is 3.31. The Morgan fingerprint density at radius 3 is 2.80 bits per heavy atom. The molecule has 4 rings (SSSR count). The van der Waals surface area contributed by atoms with Gasteiger partial charge in [0.05, 0.1) is 30.6 Å². The summed E-state index contributed by atoms with van der Waals surface area (Å²) in [5.74, 6) is 1.22. The monoisotopic (exact) mass is 351 g/mol. The van der Waals surface area contributed by atoms with E-state index in [1.54, 1.807) is 11.2 Å². The van der Waals surface area contributed by atoms with Crippen LogP contribution < -0.4 is 0 Å². The number of aryl methyl sites for hydroxylation is 1. The first-order chi connectivity index (χ1) is 12.1. The summed E-state index contributed by atoms with van der Waals surface area (Å²) in [6.45, 7) is 2.80. The molecule has 0 bridgehead atoms. The van der Waals surface area contributed by atoms with Gasteiger partial charge < -0.3 is 14.4 Å². The normalized spacial score (nSPS) is 14.6. The van der Waals surface area contributed by atoms with E-state index < -0.39 is 0 Å². The van der Waals surface area contributed by atoms with Crippen molar-refractivity contribution in [1.29, 1.82) is 5.41 Å². The fourth-order valence-corrected chi connectivity index (χ4v) is 3.72. The van der Waals surface area contributed by atoms with Crippen molar-refractivity contribution in [3.8, 4) is 11.3 Å². The molecule has 2 aromatic heterocycles. The van der Waals surface area contributed by atoms with Crippen LogP contribution in [0.5, 0.6) is 0 Å². The van der Waals surface area contributed by atoms with Crippen LogP contribution in [0.4, 0.5) is 0 Å². The minimum Gasteiger partial charge on any atom is -0.510 e. The lowest BCUT2D eigenvalue weighted by Crippen LogP contribution is -2.25. The number of thiazole rings is 1. The number of aliphatic hydroxyl groups is 1. The van der Waals surface area contributed by atoms with Crippen molar-refractivity contribution in [2.75, 3.05) is 6.54 Å². The molecule has 3 heterocycles. The first kappa shape index (κ1) is 15.7. The second kappa shape index (κ2) is 6.22. The molecule has 0 radical (unpaired) electrons. The number of rotatable bonds is 4. The molecule has 0 spiro atoms. The summed E-state index contributed by atoms with van der Waals surface area (Å²) in [6.07, 6.45) is 1.61. The van der Waals surface area contributed by atoms with Gasteiger partial charge in [-0.3, -0.25) is 5.41 Å². The summed E-state index contributed by atoms with van der Waals surface area (Å²) in [5.41, 5.74) is 3.60. The van der Waals surface area contributed by atoms with E-state index in [1.807, 2.05) is 48.7 Å². The molecule has 1 aliphatic heterocycles. The summed E-state index contributed by atoms with van der Waals surface area (Å²) >= 11 is 1.44. The lowest BCUT2D eigenvalue weighted by Gasteiger charge is -2.16. The van der Waals surface area contributed by atoms with Gasteiger partial charge in [0.25, 0.3) is 0 Å². The Hall–Kier alpha value is -2.86. The van der Waals surface area contributed by atoms with Crippen molar-refractivity contribution >= 4 is 22.7 Å². The molecular weight excluding hydrogens is 334 g/mol. The van der Waals surface area contributed by atoms with Crippen LogP contribution in [-0.2, 0) is 6.54 Å². The van der Waals surface area contributed by atoms with E-state index >= 15 is 0 Å². The van der Waals surface area contributed by atoms with E-state index in [-0.39, 0.29) is 11.6 Å². The van der Waals surface area contributed by atoms with E-state index in [4.69, 9.17) is 9.83 Å². The number of furan rings is 1. The molecule has 0 unspecified atom stereocenters. The number of nitrogens with one attached hydrogen (secondary N) is 1. The molecule has 0 saturated carbocycles. The third-order valence-corrected chi connectivity index (χ3v) is 5.03.